The Morgan fingerprint density at radius 1 is 1.44 bits per heavy atom. The van der Waals surface area contributed by atoms with E-state index in [9.17, 15) is 9.59 Å². The van der Waals surface area contributed by atoms with Crippen LogP contribution < -0.4 is 5.32 Å². The van der Waals surface area contributed by atoms with Gasteiger partial charge in [0.15, 0.2) is 0 Å². The topological polar surface area (TPSA) is 66.4 Å². The van der Waals surface area contributed by atoms with Gasteiger partial charge in [-0.05, 0) is 30.9 Å². The van der Waals surface area contributed by atoms with Crippen molar-refractivity contribution in [3.05, 3.63) is 21.9 Å². The van der Waals surface area contributed by atoms with Gasteiger partial charge in [-0.2, -0.15) is 0 Å². The van der Waals surface area contributed by atoms with E-state index >= 15 is 0 Å². The number of hydrogen-bond donors (Lipinski definition) is 2. The second-order valence-corrected chi connectivity index (χ2v) is 5.81. The Morgan fingerprint density at radius 2 is 2.11 bits per heavy atom. The van der Waals surface area contributed by atoms with Crippen LogP contribution in [-0.2, 0) is 0 Å². The largest absolute Gasteiger partial charge is 0.477 e. The third-order valence-corrected chi connectivity index (χ3v) is 4.26. The molecule has 1 saturated carbocycles. The summed E-state index contributed by atoms with van der Waals surface area (Å²) in [6.07, 6.45) is 4.50. The number of carbonyl (C=O) groups is 2. The number of carboxylic acid groups (broad SMARTS) is 1. The van der Waals surface area contributed by atoms with Crippen LogP contribution in [0.1, 0.15) is 52.0 Å². The summed E-state index contributed by atoms with van der Waals surface area (Å²) in [5.74, 6) is -0.364. The Balaban J connectivity index is 1.94. The van der Waals surface area contributed by atoms with Crippen molar-refractivity contribution < 1.29 is 14.7 Å². The maximum atomic E-state index is 12.0. The van der Waals surface area contributed by atoms with E-state index in [2.05, 4.69) is 12.2 Å². The average molecular weight is 267 g/mol. The van der Waals surface area contributed by atoms with Crippen LogP contribution in [0.3, 0.4) is 0 Å². The molecule has 1 aromatic heterocycles. The summed E-state index contributed by atoms with van der Waals surface area (Å²) in [5, 5.41) is 11.8. The van der Waals surface area contributed by atoms with E-state index in [0.29, 0.717) is 4.88 Å². The van der Waals surface area contributed by atoms with Crippen molar-refractivity contribution in [2.75, 3.05) is 0 Å². The fraction of sp³-hybridized carbons (Fsp3) is 0.538. The molecule has 1 fully saturated rings. The molecule has 0 radical (unpaired) electrons. The Bertz CT molecular complexity index is 451. The molecule has 4 nitrogen and oxygen atoms in total. The van der Waals surface area contributed by atoms with Gasteiger partial charge in [-0.25, -0.2) is 4.79 Å². The van der Waals surface area contributed by atoms with Gasteiger partial charge in [-0.15, -0.1) is 11.3 Å². The van der Waals surface area contributed by atoms with Gasteiger partial charge in [-0.3, -0.25) is 4.79 Å². The van der Waals surface area contributed by atoms with Crippen LogP contribution in [0.4, 0.5) is 0 Å². The highest BCUT2D eigenvalue weighted by Crippen LogP contribution is 2.34. The van der Waals surface area contributed by atoms with Gasteiger partial charge < -0.3 is 10.4 Å². The number of aromatic carboxylic acids is 1. The maximum Gasteiger partial charge on any atom is 0.345 e. The van der Waals surface area contributed by atoms with Gasteiger partial charge >= 0.3 is 5.97 Å². The number of amides is 1. The predicted molar refractivity (Wildman–Crippen MR) is 70.2 cm³/mol. The summed E-state index contributed by atoms with van der Waals surface area (Å²) >= 11 is 1.02. The molecular formula is C13H17NO3S. The quantitative estimate of drug-likeness (QED) is 0.833. The third kappa shape index (κ3) is 3.32. The van der Waals surface area contributed by atoms with Crippen LogP contribution >= 0.6 is 11.3 Å². The third-order valence-electron chi connectivity index (χ3n) is 3.18. The van der Waals surface area contributed by atoms with E-state index in [1.54, 1.807) is 6.07 Å². The van der Waals surface area contributed by atoms with Crippen molar-refractivity contribution in [1.29, 1.82) is 0 Å². The molecule has 0 spiro atoms. The molecule has 1 aliphatic carbocycles. The monoisotopic (exact) mass is 267 g/mol. The maximum absolute atomic E-state index is 12.0. The zero-order valence-corrected chi connectivity index (χ0v) is 11.1. The minimum atomic E-state index is -0.982. The van der Waals surface area contributed by atoms with Crippen molar-refractivity contribution in [2.45, 2.75) is 38.6 Å². The van der Waals surface area contributed by atoms with E-state index in [-0.39, 0.29) is 16.8 Å². The second kappa shape index (κ2) is 5.52. The molecule has 1 unspecified atom stereocenters. The molecule has 1 atom stereocenters. The molecule has 1 aliphatic rings. The van der Waals surface area contributed by atoms with Crippen molar-refractivity contribution in [1.82, 2.24) is 5.32 Å². The highest BCUT2D eigenvalue weighted by Gasteiger charge is 2.26. The lowest BCUT2D eigenvalue weighted by atomic mass is 10.1. The minimum absolute atomic E-state index is 0.153. The summed E-state index contributed by atoms with van der Waals surface area (Å²) in [5.41, 5.74) is 0. The fourth-order valence-corrected chi connectivity index (χ4v) is 2.66. The normalized spacial score (nSPS) is 16.3. The standard InChI is InChI=1S/C13H17NO3S/c1-2-9(7-8-3-4-8)14-12(15)10-5-6-11(18-10)13(16)17/h5-6,8-9H,2-4,7H2,1H3,(H,14,15)(H,16,17). The summed E-state index contributed by atoms with van der Waals surface area (Å²) in [6.45, 7) is 2.06. The Morgan fingerprint density at radius 3 is 2.61 bits per heavy atom. The van der Waals surface area contributed by atoms with E-state index in [1.807, 2.05) is 0 Å². The molecular weight excluding hydrogens is 250 g/mol. The lowest BCUT2D eigenvalue weighted by Gasteiger charge is -2.15. The van der Waals surface area contributed by atoms with Crippen LogP contribution in [-0.4, -0.2) is 23.0 Å². The summed E-state index contributed by atoms with van der Waals surface area (Å²) < 4.78 is 0. The number of nitrogens with one attached hydrogen (secondary N) is 1. The van der Waals surface area contributed by atoms with Crippen molar-refractivity contribution in [2.24, 2.45) is 5.92 Å². The zero-order chi connectivity index (χ0) is 13.1. The molecule has 1 heterocycles. The lowest BCUT2D eigenvalue weighted by molar-refractivity contribution is 0.0702. The molecule has 0 aliphatic heterocycles. The highest BCUT2D eigenvalue weighted by atomic mass is 32.1. The van der Waals surface area contributed by atoms with Gasteiger partial charge in [-0.1, -0.05) is 19.8 Å². The van der Waals surface area contributed by atoms with Gasteiger partial charge in [0.05, 0.1) is 4.88 Å². The first-order valence-electron chi connectivity index (χ1n) is 6.24. The van der Waals surface area contributed by atoms with Crippen LogP contribution in [0.2, 0.25) is 0 Å². The van der Waals surface area contributed by atoms with Crippen LogP contribution in [0.15, 0.2) is 12.1 Å². The molecule has 0 bridgehead atoms. The molecule has 5 heteroatoms. The summed E-state index contributed by atoms with van der Waals surface area (Å²) in [4.78, 5) is 23.4. The van der Waals surface area contributed by atoms with Gasteiger partial charge in [0.1, 0.15) is 4.88 Å². The van der Waals surface area contributed by atoms with E-state index in [4.69, 9.17) is 5.11 Å². The molecule has 2 rings (SSSR count). The Labute approximate surface area is 110 Å². The Kier molecular flexibility index (Phi) is 4.01. The fourth-order valence-electron chi connectivity index (χ4n) is 1.91. The van der Waals surface area contributed by atoms with Crippen molar-refractivity contribution in [3.63, 3.8) is 0 Å². The first kappa shape index (κ1) is 13.1. The summed E-state index contributed by atoms with van der Waals surface area (Å²) in [6, 6.07) is 3.26. The molecule has 1 amide bonds. The number of carboxylic acids is 1. The lowest BCUT2D eigenvalue weighted by Crippen LogP contribution is -2.34. The first-order valence-corrected chi connectivity index (χ1v) is 7.05. The van der Waals surface area contributed by atoms with Crippen molar-refractivity contribution in [3.8, 4) is 0 Å². The van der Waals surface area contributed by atoms with Gasteiger partial charge in [0.25, 0.3) is 5.91 Å². The van der Waals surface area contributed by atoms with E-state index < -0.39 is 5.97 Å². The molecule has 0 aromatic carbocycles. The molecule has 18 heavy (non-hydrogen) atoms. The Hall–Kier alpha value is -1.36. The highest BCUT2D eigenvalue weighted by molar-refractivity contribution is 7.15. The number of rotatable bonds is 6. The number of thiophene rings is 1. The van der Waals surface area contributed by atoms with E-state index in [1.165, 1.54) is 18.9 Å². The van der Waals surface area contributed by atoms with Gasteiger partial charge in [0.2, 0.25) is 0 Å². The molecule has 0 saturated heterocycles. The second-order valence-electron chi connectivity index (χ2n) is 4.73. The molecule has 2 N–H and O–H groups in total. The minimum Gasteiger partial charge on any atom is -0.477 e. The van der Waals surface area contributed by atoms with Crippen LogP contribution in [0.5, 0.6) is 0 Å². The van der Waals surface area contributed by atoms with Crippen LogP contribution in [0.25, 0.3) is 0 Å². The predicted octanol–water partition coefficient (Wildman–Crippen LogP) is 2.75. The van der Waals surface area contributed by atoms with E-state index in [0.717, 1.165) is 30.1 Å². The first-order chi connectivity index (χ1) is 8.60. The summed E-state index contributed by atoms with van der Waals surface area (Å²) in [7, 11) is 0. The smallest absolute Gasteiger partial charge is 0.345 e. The zero-order valence-electron chi connectivity index (χ0n) is 10.3. The van der Waals surface area contributed by atoms with Gasteiger partial charge in [0, 0.05) is 6.04 Å². The number of hydrogen-bond acceptors (Lipinski definition) is 3. The molecule has 1 aromatic rings. The average Bonchev–Trinajstić information content (AvgIpc) is 3.00. The SMILES string of the molecule is CCC(CC1CC1)NC(=O)c1ccc(C(=O)O)s1. The van der Waals surface area contributed by atoms with Crippen molar-refractivity contribution >= 4 is 23.2 Å². The molecule has 98 valence electrons. The number of carbonyl (C=O) groups excluding carboxylic acids is 1. The van der Waals surface area contributed by atoms with Crippen LogP contribution in [0, 0.1) is 5.92 Å².